The summed E-state index contributed by atoms with van der Waals surface area (Å²) in [4.78, 5) is 2.63. The van der Waals surface area contributed by atoms with E-state index in [0.717, 1.165) is 12.0 Å². The van der Waals surface area contributed by atoms with E-state index in [0.29, 0.717) is 16.9 Å². The minimum atomic E-state index is 0.499. The molecule has 0 bridgehead atoms. The smallest absolute Gasteiger partial charge is 0.00773 e. The van der Waals surface area contributed by atoms with Crippen molar-refractivity contribution >= 4 is 0 Å². The lowest BCUT2D eigenvalue weighted by Gasteiger charge is -2.45. The van der Waals surface area contributed by atoms with Crippen molar-refractivity contribution in [3.8, 4) is 0 Å². The molecule has 0 amide bonds. The molecule has 2 rings (SSSR count). The lowest BCUT2D eigenvalue weighted by molar-refractivity contribution is 0.0834. The summed E-state index contributed by atoms with van der Waals surface area (Å²) < 4.78 is 0. The average Bonchev–Trinajstić information content (AvgIpc) is 2.70. The molecule has 1 aliphatic heterocycles. The second kappa shape index (κ2) is 5.96. The van der Waals surface area contributed by atoms with Gasteiger partial charge in [-0.2, -0.15) is 0 Å². The van der Waals surface area contributed by atoms with Gasteiger partial charge in [-0.1, -0.05) is 27.7 Å². The number of nitrogens with one attached hydrogen (secondary N) is 1. The van der Waals surface area contributed by atoms with Crippen LogP contribution in [-0.2, 0) is 0 Å². The molecular weight excluding hydrogens is 244 g/mol. The number of rotatable bonds is 4. The summed E-state index contributed by atoms with van der Waals surface area (Å²) in [5.41, 5.74) is 0.998. The first-order valence-electron chi connectivity index (χ1n) is 8.64. The Morgan fingerprint density at radius 1 is 1.10 bits per heavy atom. The Balaban J connectivity index is 1.79. The highest BCUT2D eigenvalue weighted by Crippen LogP contribution is 2.45. The van der Waals surface area contributed by atoms with Crippen LogP contribution < -0.4 is 5.32 Å². The number of nitrogens with zero attached hydrogens (tertiary/aromatic N) is 1. The zero-order chi connectivity index (χ0) is 15.0. The van der Waals surface area contributed by atoms with Crippen LogP contribution in [0, 0.1) is 16.7 Å². The second-order valence-electron chi connectivity index (χ2n) is 9.26. The normalized spacial score (nSPS) is 31.1. The van der Waals surface area contributed by atoms with Crippen molar-refractivity contribution < 1.29 is 0 Å². The standard InChI is InChI=1S/C18H36N2/c1-14(2)20-8-7-15(12-20)11-19-16-9-17(3,4)13-18(5,6)10-16/h14-16,19H,7-13H2,1-6H3. The van der Waals surface area contributed by atoms with Gasteiger partial charge in [-0.25, -0.2) is 0 Å². The van der Waals surface area contributed by atoms with E-state index in [-0.39, 0.29) is 0 Å². The quantitative estimate of drug-likeness (QED) is 0.840. The van der Waals surface area contributed by atoms with Gasteiger partial charge in [0, 0.05) is 18.6 Å². The van der Waals surface area contributed by atoms with E-state index >= 15 is 0 Å². The fraction of sp³-hybridized carbons (Fsp3) is 1.00. The summed E-state index contributed by atoms with van der Waals surface area (Å²) in [5, 5.41) is 3.91. The van der Waals surface area contributed by atoms with Crippen molar-refractivity contribution in [1.29, 1.82) is 0 Å². The van der Waals surface area contributed by atoms with Crippen molar-refractivity contribution in [1.82, 2.24) is 10.2 Å². The van der Waals surface area contributed by atoms with Crippen LogP contribution in [0.3, 0.4) is 0 Å². The summed E-state index contributed by atoms with van der Waals surface area (Å²) in [6.07, 6.45) is 5.43. The molecule has 0 radical (unpaired) electrons. The molecule has 2 heteroatoms. The molecule has 1 unspecified atom stereocenters. The Bertz CT molecular complexity index is 303. The number of hydrogen-bond donors (Lipinski definition) is 1. The Morgan fingerprint density at radius 2 is 1.70 bits per heavy atom. The zero-order valence-electron chi connectivity index (χ0n) is 14.6. The van der Waals surface area contributed by atoms with Gasteiger partial charge in [0.1, 0.15) is 0 Å². The van der Waals surface area contributed by atoms with E-state index in [1.54, 1.807) is 0 Å². The maximum absolute atomic E-state index is 3.91. The zero-order valence-corrected chi connectivity index (χ0v) is 14.6. The molecule has 1 saturated heterocycles. The van der Waals surface area contributed by atoms with Crippen LogP contribution in [0.15, 0.2) is 0 Å². The SMILES string of the molecule is CC(C)N1CCC(CNC2CC(C)(C)CC(C)(C)C2)C1. The first-order chi connectivity index (χ1) is 9.17. The van der Waals surface area contributed by atoms with Gasteiger partial charge in [-0.05, 0) is 69.4 Å². The summed E-state index contributed by atoms with van der Waals surface area (Å²) in [7, 11) is 0. The number of likely N-dealkylation sites (tertiary alicyclic amines) is 1. The summed E-state index contributed by atoms with van der Waals surface area (Å²) in [6.45, 7) is 18.2. The molecule has 1 heterocycles. The number of hydrogen-bond acceptors (Lipinski definition) is 2. The third kappa shape index (κ3) is 4.46. The Kier molecular flexibility index (Phi) is 4.86. The fourth-order valence-electron chi connectivity index (χ4n) is 4.82. The minimum absolute atomic E-state index is 0.499. The molecule has 20 heavy (non-hydrogen) atoms. The van der Waals surface area contributed by atoms with E-state index in [9.17, 15) is 0 Å². The Labute approximate surface area is 126 Å². The monoisotopic (exact) mass is 280 g/mol. The average molecular weight is 281 g/mol. The molecule has 2 nitrogen and oxygen atoms in total. The van der Waals surface area contributed by atoms with Gasteiger partial charge in [-0.3, -0.25) is 0 Å². The van der Waals surface area contributed by atoms with Crippen LogP contribution >= 0.6 is 0 Å². The van der Waals surface area contributed by atoms with Gasteiger partial charge < -0.3 is 10.2 Å². The summed E-state index contributed by atoms with van der Waals surface area (Å²) >= 11 is 0. The van der Waals surface area contributed by atoms with Crippen LogP contribution in [0.2, 0.25) is 0 Å². The maximum atomic E-state index is 3.91. The molecule has 0 aromatic carbocycles. The predicted octanol–water partition coefficient (Wildman–Crippen LogP) is 3.91. The van der Waals surface area contributed by atoms with Crippen molar-refractivity contribution in [2.24, 2.45) is 16.7 Å². The summed E-state index contributed by atoms with van der Waals surface area (Å²) in [6, 6.07) is 1.44. The Morgan fingerprint density at radius 3 is 2.20 bits per heavy atom. The van der Waals surface area contributed by atoms with Crippen LogP contribution in [0.1, 0.15) is 67.2 Å². The molecule has 0 spiro atoms. The van der Waals surface area contributed by atoms with Gasteiger partial charge in [0.25, 0.3) is 0 Å². The molecule has 2 aliphatic rings. The first kappa shape index (κ1) is 16.3. The fourth-order valence-corrected chi connectivity index (χ4v) is 4.82. The van der Waals surface area contributed by atoms with Crippen LogP contribution in [0.25, 0.3) is 0 Å². The molecule has 0 aromatic rings. The van der Waals surface area contributed by atoms with Gasteiger partial charge in [-0.15, -0.1) is 0 Å². The molecule has 2 fully saturated rings. The highest BCUT2D eigenvalue weighted by Gasteiger charge is 2.38. The second-order valence-corrected chi connectivity index (χ2v) is 9.26. The van der Waals surface area contributed by atoms with E-state index < -0.39 is 0 Å². The summed E-state index contributed by atoms with van der Waals surface area (Å²) in [5.74, 6) is 0.866. The molecule has 0 aromatic heterocycles. The van der Waals surface area contributed by atoms with E-state index in [4.69, 9.17) is 0 Å². The molecular formula is C18H36N2. The largest absolute Gasteiger partial charge is 0.314 e. The lowest BCUT2D eigenvalue weighted by atomic mass is 9.63. The topological polar surface area (TPSA) is 15.3 Å². The highest BCUT2D eigenvalue weighted by molar-refractivity contribution is 4.93. The molecule has 1 saturated carbocycles. The van der Waals surface area contributed by atoms with Crippen molar-refractivity contribution in [2.45, 2.75) is 79.3 Å². The molecule has 1 aliphatic carbocycles. The maximum Gasteiger partial charge on any atom is 0.00773 e. The molecule has 1 atom stereocenters. The van der Waals surface area contributed by atoms with Gasteiger partial charge in [0.2, 0.25) is 0 Å². The Hall–Kier alpha value is -0.0800. The van der Waals surface area contributed by atoms with Crippen LogP contribution in [-0.4, -0.2) is 36.6 Å². The molecule has 118 valence electrons. The minimum Gasteiger partial charge on any atom is -0.314 e. The third-order valence-corrected chi connectivity index (χ3v) is 5.30. The molecule has 1 N–H and O–H groups in total. The van der Waals surface area contributed by atoms with Gasteiger partial charge >= 0.3 is 0 Å². The highest BCUT2D eigenvalue weighted by atomic mass is 15.2. The van der Waals surface area contributed by atoms with Crippen molar-refractivity contribution in [3.05, 3.63) is 0 Å². The van der Waals surface area contributed by atoms with Crippen molar-refractivity contribution in [2.75, 3.05) is 19.6 Å². The van der Waals surface area contributed by atoms with Gasteiger partial charge in [0.15, 0.2) is 0 Å². The van der Waals surface area contributed by atoms with E-state index in [1.165, 1.54) is 45.3 Å². The predicted molar refractivity (Wildman–Crippen MR) is 88.0 cm³/mol. The van der Waals surface area contributed by atoms with Gasteiger partial charge in [0.05, 0.1) is 0 Å². The van der Waals surface area contributed by atoms with E-state index in [2.05, 4.69) is 51.8 Å². The first-order valence-corrected chi connectivity index (χ1v) is 8.64. The van der Waals surface area contributed by atoms with Crippen LogP contribution in [0.5, 0.6) is 0 Å². The van der Waals surface area contributed by atoms with Crippen LogP contribution in [0.4, 0.5) is 0 Å². The third-order valence-electron chi connectivity index (χ3n) is 5.30. The lowest BCUT2D eigenvalue weighted by Crippen LogP contribution is -2.45. The van der Waals surface area contributed by atoms with Crippen molar-refractivity contribution in [3.63, 3.8) is 0 Å². The van der Waals surface area contributed by atoms with E-state index in [1.807, 2.05) is 0 Å².